The van der Waals surface area contributed by atoms with Crippen molar-refractivity contribution in [3.63, 3.8) is 0 Å². The van der Waals surface area contributed by atoms with Gasteiger partial charge < -0.3 is 14.6 Å². The zero-order valence-corrected chi connectivity index (χ0v) is 18.3. The molecule has 0 radical (unpaired) electrons. The van der Waals surface area contributed by atoms with Gasteiger partial charge >= 0.3 is 0 Å². The molecule has 2 amide bonds. The van der Waals surface area contributed by atoms with Gasteiger partial charge in [0.15, 0.2) is 12.2 Å². The number of nitrogens with zero attached hydrogens (tertiary/aromatic N) is 2. The van der Waals surface area contributed by atoms with Gasteiger partial charge in [0, 0.05) is 28.1 Å². The van der Waals surface area contributed by atoms with E-state index in [1.54, 1.807) is 29.3 Å². The molecule has 1 N–H and O–H groups in total. The second kappa shape index (κ2) is 9.02. The highest BCUT2D eigenvalue weighted by Gasteiger charge is 2.35. The first-order chi connectivity index (χ1) is 14.5. The van der Waals surface area contributed by atoms with Gasteiger partial charge in [-0.3, -0.25) is 9.59 Å². The second-order valence-electron chi connectivity index (χ2n) is 7.06. The zero-order chi connectivity index (χ0) is 21.1. The fraction of sp³-hybridized carbons (Fsp3) is 0.227. The maximum Gasteiger partial charge on any atom is 0.255 e. The van der Waals surface area contributed by atoms with Crippen molar-refractivity contribution in [2.24, 2.45) is 0 Å². The van der Waals surface area contributed by atoms with Crippen molar-refractivity contribution in [2.45, 2.75) is 25.4 Å². The Labute approximate surface area is 187 Å². The van der Waals surface area contributed by atoms with E-state index >= 15 is 0 Å². The zero-order valence-electron chi connectivity index (χ0n) is 16.0. The number of rotatable bonds is 5. The molecule has 1 aliphatic heterocycles. The van der Waals surface area contributed by atoms with Crippen LogP contribution < -0.4 is 5.32 Å². The molecule has 0 aliphatic carbocycles. The average Bonchev–Trinajstić information content (AvgIpc) is 3.44. The molecule has 1 fully saturated rings. The smallest absolute Gasteiger partial charge is 0.255 e. The Morgan fingerprint density at radius 1 is 1.23 bits per heavy atom. The highest BCUT2D eigenvalue weighted by Crippen LogP contribution is 2.27. The normalized spacial score (nSPS) is 15.9. The van der Waals surface area contributed by atoms with Crippen LogP contribution in [0.2, 0.25) is 5.02 Å². The van der Waals surface area contributed by atoms with Crippen LogP contribution in [0.3, 0.4) is 0 Å². The number of amides is 2. The van der Waals surface area contributed by atoms with Crippen molar-refractivity contribution < 1.29 is 14.0 Å². The lowest BCUT2D eigenvalue weighted by Gasteiger charge is -2.24. The summed E-state index contributed by atoms with van der Waals surface area (Å²) in [5.74, 6) is 0.372. The minimum absolute atomic E-state index is 0.148. The van der Waals surface area contributed by atoms with Crippen LogP contribution in [0, 0.1) is 0 Å². The Morgan fingerprint density at radius 2 is 2.03 bits per heavy atom. The van der Waals surface area contributed by atoms with E-state index in [9.17, 15) is 9.59 Å². The van der Waals surface area contributed by atoms with E-state index in [-0.39, 0.29) is 11.8 Å². The summed E-state index contributed by atoms with van der Waals surface area (Å²) in [5.41, 5.74) is 2.38. The predicted molar refractivity (Wildman–Crippen MR) is 117 cm³/mol. The number of hydrogen-bond acceptors (Lipinski definition) is 4. The van der Waals surface area contributed by atoms with Crippen LogP contribution in [0.15, 0.2) is 63.9 Å². The third-order valence-electron chi connectivity index (χ3n) is 5.12. The first-order valence-corrected chi connectivity index (χ1v) is 10.7. The van der Waals surface area contributed by atoms with E-state index in [0.29, 0.717) is 40.3 Å². The summed E-state index contributed by atoms with van der Waals surface area (Å²) in [6.07, 6.45) is 4.48. The Hall–Kier alpha value is -2.64. The van der Waals surface area contributed by atoms with Crippen LogP contribution in [0.5, 0.6) is 0 Å². The molecule has 2 heterocycles. The summed E-state index contributed by atoms with van der Waals surface area (Å²) in [6, 6.07) is 12.3. The molecule has 0 unspecified atom stereocenters. The lowest BCUT2D eigenvalue weighted by molar-refractivity contribution is -0.125. The quantitative estimate of drug-likeness (QED) is 0.566. The van der Waals surface area contributed by atoms with Crippen molar-refractivity contribution in [3.8, 4) is 11.3 Å². The van der Waals surface area contributed by atoms with Crippen LogP contribution >= 0.6 is 27.5 Å². The topological polar surface area (TPSA) is 75.4 Å². The maximum atomic E-state index is 13.0. The van der Waals surface area contributed by atoms with Gasteiger partial charge in [0.05, 0.1) is 11.8 Å². The van der Waals surface area contributed by atoms with E-state index in [0.717, 1.165) is 17.5 Å². The molecule has 1 aromatic heterocycles. The Morgan fingerprint density at radius 3 is 2.73 bits per heavy atom. The molecule has 2 aromatic carbocycles. The third kappa shape index (κ3) is 4.42. The highest BCUT2D eigenvalue weighted by atomic mass is 79.9. The number of nitrogens with one attached hydrogen (secondary N) is 1. The fourth-order valence-corrected chi connectivity index (χ4v) is 4.40. The molecular formula is C22H19BrClN3O3. The van der Waals surface area contributed by atoms with Gasteiger partial charge in [-0.2, -0.15) is 0 Å². The van der Waals surface area contributed by atoms with Crippen molar-refractivity contribution in [2.75, 3.05) is 6.54 Å². The number of carbonyl (C=O) groups is 2. The molecule has 1 aliphatic rings. The summed E-state index contributed by atoms with van der Waals surface area (Å²) in [7, 11) is 0. The van der Waals surface area contributed by atoms with E-state index in [1.807, 2.05) is 24.3 Å². The van der Waals surface area contributed by atoms with Gasteiger partial charge in [0.25, 0.3) is 5.91 Å². The van der Waals surface area contributed by atoms with Gasteiger partial charge in [0.1, 0.15) is 6.04 Å². The molecule has 3 aromatic rings. The Balaban J connectivity index is 1.39. The molecule has 30 heavy (non-hydrogen) atoms. The van der Waals surface area contributed by atoms with Gasteiger partial charge in [0.2, 0.25) is 5.91 Å². The van der Waals surface area contributed by atoms with Crippen LogP contribution in [0.25, 0.3) is 11.3 Å². The van der Waals surface area contributed by atoms with Crippen molar-refractivity contribution in [3.05, 3.63) is 75.7 Å². The monoisotopic (exact) mass is 487 g/mol. The molecule has 1 saturated heterocycles. The summed E-state index contributed by atoms with van der Waals surface area (Å²) in [4.78, 5) is 31.3. The molecule has 154 valence electrons. The molecule has 1 atom stereocenters. The van der Waals surface area contributed by atoms with E-state index in [2.05, 4.69) is 26.2 Å². The number of benzene rings is 2. The van der Waals surface area contributed by atoms with Gasteiger partial charge in [-0.15, -0.1) is 0 Å². The summed E-state index contributed by atoms with van der Waals surface area (Å²) in [5, 5.41) is 3.50. The number of halogens is 2. The number of likely N-dealkylation sites (tertiary alicyclic amines) is 1. The largest absolute Gasteiger partial charge is 0.444 e. The van der Waals surface area contributed by atoms with Crippen LogP contribution in [0.4, 0.5) is 0 Å². The van der Waals surface area contributed by atoms with Crippen LogP contribution in [0.1, 0.15) is 28.8 Å². The fourth-order valence-electron chi connectivity index (χ4n) is 3.55. The van der Waals surface area contributed by atoms with Crippen molar-refractivity contribution in [1.29, 1.82) is 0 Å². The first-order valence-electron chi connectivity index (χ1n) is 9.54. The molecule has 8 heteroatoms. The van der Waals surface area contributed by atoms with Gasteiger partial charge in [-0.25, -0.2) is 4.98 Å². The molecule has 0 spiro atoms. The number of hydrogen-bond donors (Lipinski definition) is 1. The molecule has 0 bridgehead atoms. The minimum atomic E-state index is -0.478. The predicted octanol–water partition coefficient (Wildman–Crippen LogP) is 4.68. The van der Waals surface area contributed by atoms with Crippen molar-refractivity contribution in [1.82, 2.24) is 15.2 Å². The summed E-state index contributed by atoms with van der Waals surface area (Å²) < 4.78 is 5.90. The van der Waals surface area contributed by atoms with Crippen LogP contribution in [-0.4, -0.2) is 34.3 Å². The number of aromatic nitrogens is 1. The molecule has 6 nitrogen and oxygen atoms in total. The van der Waals surface area contributed by atoms with Crippen molar-refractivity contribution >= 4 is 39.3 Å². The lowest BCUT2D eigenvalue weighted by atomic mass is 10.1. The molecular weight excluding hydrogens is 470 g/mol. The maximum absolute atomic E-state index is 13.0. The summed E-state index contributed by atoms with van der Waals surface area (Å²) >= 11 is 9.36. The summed E-state index contributed by atoms with van der Waals surface area (Å²) in [6.45, 7) is 0.941. The second-order valence-corrected chi connectivity index (χ2v) is 8.35. The van der Waals surface area contributed by atoms with E-state index in [1.165, 1.54) is 6.39 Å². The van der Waals surface area contributed by atoms with E-state index < -0.39 is 6.04 Å². The van der Waals surface area contributed by atoms with Crippen LogP contribution in [-0.2, 0) is 11.3 Å². The number of carbonyl (C=O) groups excluding carboxylic acids is 2. The lowest BCUT2D eigenvalue weighted by Crippen LogP contribution is -2.45. The van der Waals surface area contributed by atoms with Gasteiger partial charge in [-0.1, -0.05) is 35.9 Å². The first kappa shape index (κ1) is 20.6. The van der Waals surface area contributed by atoms with Gasteiger partial charge in [-0.05, 0) is 52.5 Å². The Kier molecular flexibility index (Phi) is 6.20. The Bertz CT molecular complexity index is 1050. The third-order valence-corrected chi connectivity index (χ3v) is 6.01. The molecule has 0 saturated carbocycles. The SMILES string of the molecule is O=C(NCc1ccc(-c2cnco2)cc1)[C@@H]1CCCN1C(=O)c1ccc(Cl)cc1Br. The standard InChI is InChI=1S/C22H19BrClN3O3/c23-18-10-16(24)7-8-17(18)22(29)27-9-1-2-19(27)21(28)26-11-14-3-5-15(6-4-14)20-12-25-13-30-20/h3-8,10,12-13,19H,1-2,9,11H2,(H,26,28)/t19-/m0/s1. The molecule has 4 rings (SSSR count). The highest BCUT2D eigenvalue weighted by molar-refractivity contribution is 9.10. The minimum Gasteiger partial charge on any atom is -0.444 e. The van der Waals surface area contributed by atoms with E-state index in [4.69, 9.17) is 16.0 Å². The number of oxazole rings is 1. The average molecular weight is 489 g/mol.